The van der Waals surface area contributed by atoms with Gasteiger partial charge in [-0.15, -0.1) is 0 Å². The SMILES string of the molecule is CC1CC(=O)CCN1Cc1ccccc1-c1ccc(Cl)cc1. The number of benzene rings is 2. The zero-order valence-electron chi connectivity index (χ0n) is 12.8. The van der Waals surface area contributed by atoms with Crippen LogP contribution in [0, 0.1) is 0 Å². The third kappa shape index (κ3) is 3.40. The summed E-state index contributed by atoms with van der Waals surface area (Å²) < 4.78 is 0. The van der Waals surface area contributed by atoms with Gasteiger partial charge in [-0.2, -0.15) is 0 Å². The maximum absolute atomic E-state index is 11.6. The lowest BCUT2D eigenvalue weighted by Gasteiger charge is -2.33. The van der Waals surface area contributed by atoms with Crippen LogP contribution in [0.1, 0.15) is 25.3 Å². The summed E-state index contributed by atoms with van der Waals surface area (Å²) in [6.45, 7) is 3.88. The van der Waals surface area contributed by atoms with E-state index >= 15 is 0 Å². The van der Waals surface area contributed by atoms with Crippen molar-refractivity contribution in [3.8, 4) is 11.1 Å². The summed E-state index contributed by atoms with van der Waals surface area (Å²) in [6, 6.07) is 16.8. The molecule has 1 saturated heterocycles. The molecule has 1 fully saturated rings. The quantitative estimate of drug-likeness (QED) is 0.828. The second kappa shape index (κ2) is 6.64. The van der Waals surface area contributed by atoms with Gasteiger partial charge in [-0.1, -0.05) is 48.0 Å². The Balaban J connectivity index is 1.85. The number of rotatable bonds is 3. The Morgan fingerprint density at radius 3 is 2.59 bits per heavy atom. The van der Waals surface area contributed by atoms with Gasteiger partial charge < -0.3 is 0 Å². The summed E-state index contributed by atoms with van der Waals surface area (Å²) in [5, 5.41) is 0.754. The first kappa shape index (κ1) is 15.3. The molecule has 0 N–H and O–H groups in total. The third-order valence-electron chi connectivity index (χ3n) is 4.37. The second-order valence-corrected chi connectivity index (χ2v) is 6.41. The molecular weight excluding hydrogens is 294 g/mol. The minimum Gasteiger partial charge on any atom is -0.300 e. The summed E-state index contributed by atoms with van der Waals surface area (Å²) in [6.07, 6.45) is 1.34. The normalized spacial score (nSPS) is 19.4. The molecule has 2 aromatic carbocycles. The topological polar surface area (TPSA) is 20.3 Å². The molecule has 1 atom stereocenters. The summed E-state index contributed by atoms with van der Waals surface area (Å²) in [7, 11) is 0. The van der Waals surface area contributed by atoms with Gasteiger partial charge in [-0.05, 0) is 35.7 Å². The Morgan fingerprint density at radius 1 is 1.14 bits per heavy atom. The zero-order valence-corrected chi connectivity index (χ0v) is 13.5. The molecule has 0 saturated carbocycles. The van der Waals surface area contributed by atoms with E-state index < -0.39 is 0 Å². The highest BCUT2D eigenvalue weighted by Gasteiger charge is 2.23. The number of ketones is 1. The predicted molar refractivity (Wildman–Crippen MR) is 91.0 cm³/mol. The fourth-order valence-corrected chi connectivity index (χ4v) is 3.20. The van der Waals surface area contributed by atoms with Crippen molar-refractivity contribution in [2.24, 2.45) is 0 Å². The molecule has 0 amide bonds. The van der Waals surface area contributed by atoms with E-state index in [0.717, 1.165) is 18.1 Å². The molecule has 0 spiro atoms. The van der Waals surface area contributed by atoms with Crippen LogP contribution in [0.4, 0.5) is 0 Å². The lowest BCUT2D eigenvalue weighted by molar-refractivity contribution is -0.123. The maximum Gasteiger partial charge on any atom is 0.135 e. The standard InChI is InChI=1S/C19H20ClNO/c1-14-12-18(22)10-11-21(14)13-16-4-2-3-5-19(16)15-6-8-17(20)9-7-15/h2-9,14H,10-13H2,1H3. The van der Waals surface area contributed by atoms with Gasteiger partial charge in [0, 0.05) is 37.0 Å². The maximum atomic E-state index is 11.6. The Hall–Kier alpha value is -1.64. The Kier molecular flexibility index (Phi) is 4.60. The average Bonchev–Trinajstić information content (AvgIpc) is 2.51. The van der Waals surface area contributed by atoms with Crippen LogP contribution < -0.4 is 0 Å². The van der Waals surface area contributed by atoms with Gasteiger partial charge in [-0.3, -0.25) is 9.69 Å². The average molecular weight is 314 g/mol. The lowest BCUT2D eigenvalue weighted by atomic mass is 9.97. The number of carbonyl (C=O) groups is 1. The van der Waals surface area contributed by atoms with Crippen molar-refractivity contribution in [3.05, 3.63) is 59.1 Å². The fraction of sp³-hybridized carbons (Fsp3) is 0.316. The summed E-state index contributed by atoms with van der Waals surface area (Å²) in [4.78, 5) is 14.0. The third-order valence-corrected chi connectivity index (χ3v) is 4.62. The summed E-state index contributed by atoms with van der Waals surface area (Å²) >= 11 is 5.99. The molecule has 3 rings (SSSR count). The molecule has 0 aromatic heterocycles. The molecule has 0 bridgehead atoms. The van der Waals surface area contributed by atoms with Crippen LogP contribution in [-0.2, 0) is 11.3 Å². The Morgan fingerprint density at radius 2 is 1.86 bits per heavy atom. The molecule has 114 valence electrons. The molecule has 22 heavy (non-hydrogen) atoms. The van der Waals surface area contributed by atoms with Gasteiger partial charge in [0.25, 0.3) is 0 Å². The van der Waals surface area contributed by atoms with E-state index in [0.29, 0.717) is 24.7 Å². The Bertz CT molecular complexity index is 665. The fourth-order valence-electron chi connectivity index (χ4n) is 3.07. The van der Waals surface area contributed by atoms with Crippen molar-refractivity contribution in [1.82, 2.24) is 4.90 Å². The number of nitrogens with zero attached hydrogens (tertiary/aromatic N) is 1. The molecule has 1 unspecified atom stereocenters. The molecule has 1 aliphatic heterocycles. The monoisotopic (exact) mass is 313 g/mol. The van der Waals surface area contributed by atoms with E-state index in [1.54, 1.807) is 0 Å². The summed E-state index contributed by atoms with van der Waals surface area (Å²) in [5.74, 6) is 0.384. The van der Waals surface area contributed by atoms with E-state index in [9.17, 15) is 4.79 Å². The molecule has 1 heterocycles. The van der Waals surface area contributed by atoms with E-state index in [2.05, 4.69) is 48.2 Å². The number of hydrogen-bond acceptors (Lipinski definition) is 2. The van der Waals surface area contributed by atoms with Crippen molar-refractivity contribution in [1.29, 1.82) is 0 Å². The summed E-state index contributed by atoms with van der Waals surface area (Å²) in [5.41, 5.74) is 3.72. The van der Waals surface area contributed by atoms with Crippen LogP contribution in [0.15, 0.2) is 48.5 Å². The molecule has 2 aromatic rings. The van der Waals surface area contributed by atoms with Crippen LogP contribution in [0.25, 0.3) is 11.1 Å². The van der Waals surface area contributed by atoms with E-state index in [4.69, 9.17) is 11.6 Å². The minimum atomic E-state index is 0.319. The highest BCUT2D eigenvalue weighted by Crippen LogP contribution is 2.27. The lowest BCUT2D eigenvalue weighted by Crippen LogP contribution is -2.40. The molecule has 1 aliphatic rings. The van der Waals surface area contributed by atoms with Crippen molar-refractivity contribution in [3.63, 3.8) is 0 Å². The first-order valence-electron chi connectivity index (χ1n) is 7.73. The van der Waals surface area contributed by atoms with Crippen LogP contribution >= 0.6 is 11.6 Å². The number of carbonyl (C=O) groups excluding carboxylic acids is 1. The van der Waals surface area contributed by atoms with E-state index in [1.807, 2.05) is 12.1 Å². The molecular formula is C19H20ClNO. The first-order valence-corrected chi connectivity index (χ1v) is 8.11. The largest absolute Gasteiger partial charge is 0.300 e. The van der Waals surface area contributed by atoms with Crippen LogP contribution in [0.5, 0.6) is 0 Å². The zero-order chi connectivity index (χ0) is 15.5. The number of hydrogen-bond donors (Lipinski definition) is 0. The number of likely N-dealkylation sites (tertiary alicyclic amines) is 1. The highest BCUT2D eigenvalue weighted by molar-refractivity contribution is 6.30. The molecule has 0 radical (unpaired) electrons. The van der Waals surface area contributed by atoms with Crippen molar-refractivity contribution in [2.45, 2.75) is 32.4 Å². The molecule has 2 nitrogen and oxygen atoms in total. The van der Waals surface area contributed by atoms with Gasteiger partial charge in [0.2, 0.25) is 0 Å². The van der Waals surface area contributed by atoms with E-state index in [1.165, 1.54) is 16.7 Å². The van der Waals surface area contributed by atoms with Crippen LogP contribution in [0.2, 0.25) is 5.02 Å². The van der Waals surface area contributed by atoms with Gasteiger partial charge in [0.05, 0.1) is 0 Å². The molecule has 3 heteroatoms. The van der Waals surface area contributed by atoms with Gasteiger partial charge >= 0.3 is 0 Å². The van der Waals surface area contributed by atoms with Gasteiger partial charge in [0.1, 0.15) is 5.78 Å². The van der Waals surface area contributed by atoms with Crippen molar-refractivity contribution < 1.29 is 4.79 Å². The number of piperidine rings is 1. The van der Waals surface area contributed by atoms with Crippen molar-refractivity contribution in [2.75, 3.05) is 6.54 Å². The Labute approximate surface area is 136 Å². The highest BCUT2D eigenvalue weighted by atomic mass is 35.5. The first-order chi connectivity index (χ1) is 10.6. The number of Topliss-reactive ketones (excluding diaryl/α,β-unsaturated/α-hetero) is 1. The van der Waals surface area contributed by atoms with Crippen LogP contribution in [-0.4, -0.2) is 23.3 Å². The molecule has 0 aliphatic carbocycles. The van der Waals surface area contributed by atoms with Gasteiger partial charge in [0.15, 0.2) is 0 Å². The number of halogens is 1. The predicted octanol–water partition coefficient (Wildman–Crippen LogP) is 4.56. The van der Waals surface area contributed by atoms with Crippen molar-refractivity contribution >= 4 is 17.4 Å². The van der Waals surface area contributed by atoms with Gasteiger partial charge in [-0.25, -0.2) is 0 Å². The smallest absolute Gasteiger partial charge is 0.135 e. The second-order valence-electron chi connectivity index (χ2n) is 5.98. The van der Waals surface area contributed by atoms with Crippen LogP contribution in [0.3, 0.4) is 0 Å². The minimum absolute atomic E-state index is 0.319. The van der Waals surface area contributed by atoms with E-state index in [-0.39, 0.29) is 0 Å².